The zero-order chi connectivity index (χ0) is 21.8. The SMILES string of the molecule is N#Cc1c(Cl)nc(SCc2cn(Cc3ccccc3Cl)nn2)nc1-c1ccc(Cl)cc1. The van der Waals surface area contributed by atoms with Crippen LogP contribution in [0.3, 0.4) is 0 Å². The maximum absolute atomic E-state index is 9.48. The second kappa shape index (κ2) is 9.67. The molecule has 4 aromatic rings. The van der Waals surface area contributed by atoms with Gasteiger partial charge in [0.1, 0.15) is 11.6 Å². The number of rotatable bonds is 6. The fourth-order valence-electron chi connectivity index (χ4n) is 2.82. The third-order valence-electron chi connectivity index (χ3n) is 4.30. The molecule has 0 aliphatic carbocycles. The normalized spacial score (nSPS) is 10.8. The van der Waals surface area contributed by atoms with E-state index >= 15 is 0 Å². The summed E-state index contributed by atoms with van der Waals surface area (Å²) in [5.74, 6) is 0.491. The fourth-order valence-corrected chi connectivity index (χ4v) is 4.12. The summed E-state index contributed by atoms with van der Waals surface area (Å²) in [6.07, 6.45) is 1.85. The molecule has 0 unspecified atom stereocenters. The molecule has 0 saturated heterocycles. The van der Waals surface area contributed by atoms with Crippen molar-refractivity contribution in [2.45, 2.75) is 17.5 Å². The van der Waals surface area contributed by atoms with E-state index in [0.29, 0.717) is 33.2 Å². The minimum atomic E-state index is 0.104. The lowest BCUT2D eigenvalue weighted by molar-refractivity contribution is 0.649. The van der Waals surface area contributed by atoms with Gasteiger partial charge in [0, 0.05) is 27.6 Å². The van der Waals surface area contributed by atoms with Crippen LogP contribution in [-0.2, 0) is 12.3 Å². The highest BCUT2D eigenvalue weighted by molar-refractivity contribution is 7.98. The van der Waals surface area contributed by atoms with Crippen LogP contribution in [0.25, 0.3) is 11.3 Å². The first-order chi connectivity index (χ1) is 15.0. The smallest absolute Gasteiger partial charge is 0.190 e. The molecular formula is C21H13Cl3N6S. The van der Waals surface area contributed by atoms with E-state index in [1.54, 1.807) is 28.9 Å². The third kappa shape index (κ3) is 5.17. The molecule has 4 rings (SSSR count). The van der Waals surface area contributed by atoms with Gasteiger partial charge < -0.3 is 0 Å². The molecule has 10 heteroatoms. The highest BCUT2D eigenvalue weighted by Crippen LogP contribution is 2.30. The topological polar surface area (TPSA) is 80.3 Å². The Labute approximate surface area is 197 Å². The highest BCUT2D eigenvalue weighted by atomic mass is 35.5. The van der Waals surface area contributed by atoms with Crippen LogP contribution in [0.1, 0.15) is 16.8 Å². The summed E-state index contributed by atoms with van der Waals surface area (Å²) in [7, 11) is 0. The average Bonchev–Trinajstić information content (AvgIpc) is 3.21. The van der Waals surface area contributed by atoms with Crippen molar-refractivity contribution >= 4 is 46.6 Å². The minimum Gasteiger partial charge on any atom is -0.248 e. The molecule has 2 heterocycles. The van der Waals surface area contributed by atoms with E-state index in [4.69, 9.17) is 34.8 Å². The summed E-state index contributed by atoms with van der Waals surface area (Å²) >= 11 is 19.8. The monoisotopic (exact) mass is 486 g/mol. The van der Waals surface area contributed by atoms with Crippen LogP contribution in [0.2, 0.25) is 15.2 Å². The predicted molar refractivity (Wildman–Crippen MR) is 122 cm³/mol. The molecule has 6 nitrogen and oxygen atoms in total. The third-order valence-corrected chi connectivity index (χ3v) is 6.07. The fraction of sp³-hybridized carbons (Fsp3) is 0.0952. The van der Waals surface area contributed by atoms with E-state index in [-0.39, 0.29) is 10.7 Å². The van der Waals surface area contributed by atoms with Gasteiger partial charge in [-0.2, -0.15) is 5.26 Å². The Bertz CT molecular complexity index is 1270. The molecule has 0 atom stereocenters. The van der Waals surface area contributed by atoms with E-state index in [2.05, 4.69) is 26.3 Å². The summed E-state index contributed by atoms with van der Waals surface area (Å²) in [5, 5.41) is 19.7. The van der Waals surface area contributed by atoms with E-state index in [9.17, 15) is 5.26 Å². The van der Waals surface area contributed by atoms with Crippen molar-refractivity contribution in [3.63, 3.8) is 0 Å². The van der Waals surface area contributed by atoms with Crippen LogP contribution in [0.5, 0.6) is 0 Å². The van der Waals surface area contributed by atoms with Gasteiger partial charge in [-0.15, -0.1) is 5.10 Å². The number of halogens is 3. The molecule has 31 heavy (non-hydrogen) atoms. The van der Waals surface area contributed by atoms with E-state index < -0.39 is 0 Å². The van der Waals surface area contributed by atoms with Crippen LogP contribution in [0.4, 0.5) is 0 Å². The summed E-state index contributed by atoms with van der Waals surface area (Å²) < 4.78 is 1.73. The molecule has 0 aliphatic heterocycles. The van der Waals surface area contributed by atoms with Gasteiger partial charge in [0.15, 0.2) is 10.3 Å². The van der Waals surface area contributed by atoms with Gasteiger partial charge in [-0.25, -0.2) is 14.6 Å². The number of hydrogen-bond acceptors (Lipinski definition) is 6. The second-order valence-corrected chi connectivity index (χ2v) is 8.57. The number of nitriles is 1. The van der Waals surface area contributed by atoms with Crippen LogP contribution < -0.4 is 0 Å². The molecule has 0 spiro atoms. The van der Waals surface area contributed by atoms with Gasteiger partial charge in [-0.1, -0.05) is 82.1 Å². The first kappa shape index (κ1) is 21.6. The molecule has 2 aromatic heterocycles. The standard InChI is InChI=1S/C21H13Cl3N6S/c22-15-7-5-13(6-8-15)19-17(9-25)20(24)27-21(26-19)31-12-16-11-30(29-28-16)10-14-3-1-2-4-18(14)23/h1-8,11H,10,12H2. The van der Waals surface area contributed by atoms with Gasteiger partial charge in [0.2, 0.25) is 0 Å². The van der Waals surface area contributed by atoms with Crippen molar-refractivity contribution in [1.82, 2.24) is 25.0 Å². The summed E-state index contributed by atoms with van der Waals surface area (Å²) in [6, 6.07) is 16.7. The first-order valence-corrected chi connectivity index (χ1v) is 11.1. The minimum absolute atomic E-state index is 0.104. The molecule has 0 fully saturated rings. The van der Waals surface area contributed by atoms with E-state index in [1.165, 1.54) is 11.8 Å². The zero-order valence-electron chi connectivity index (χ0n) is 15.8. The summed E-state index contributed by atoms with van der Waals surface area (Å²) in [5.41, 5.74) is 3.14. The Hall–Kier alpha value is -2.63. The highest BCUT2D eigenvalue weighted by Gasteiger charge is 2.16. The van der Waals surface area contributed by atoms with Crippen molar-refractivity contribution < 1.29 is 0 Å². The Morgan fingerprint density at radius 3 is 2.52 bits per heavy atom. The van der Waals surface area contributed by atoms with Gasteiger partial charge in [0.05, 0.1) is 17.9 Å². The van der Waals surface area contributed by atoms with Crippen molar-refractivity contribution in [3.8, 4) is 17.3 Å². The lowest BCUT2D eigenvalue weighted by Crippen LogP contribution is -2.00. The van der Waals surface area contributed by atoms with Crippen LogP contribution >= 0.6 is 46.6 Å². The second-order valence-electron chi connectivity index (χ2n) is 6.43. The number of benzene rings is 2. The maximum Gasteiger partial charge on any atom is 0.190 e. The van der Waals surface area contributed by atoms with Crippen molar-refractivity contribution in [3.05, 3.63) is 86.7 Å². The predicted octanol–water partition coefficient (Wildman–Crippen LogP) is 5.91. The Morgan fingerprint density at radius 2 is 1.77 bits per heavy atom. The molecule has 0 saturated carbocycles. The van der Waals surface area contributed by atoms with Crippen LogP contribution in [-0.4, -0.2) is 25.0 Å². The van der Waals surface area contributed by atoms with Crippen LogP contribution in [0, 0.1) is 11.3 Å². The van der Waals surface area contributed by atoms with Crippen molar-refractivity contribution in [2.24, 2.45) is 0 Å². The molecular weight excluding hydrogens is 475 g/mol. The summed E-state index contributed by atoms with van der Waals surface area (Å²) in [6.45, 7) is 0.525. The zero-order valence-corrected chi connectivity index (χ0v) is 18.9. The van der Waals surface area contributed by atoms with E-state index in [1.807, 2.05) is 30.5 Å². The molecule has 2 aromatic carbocycles. The van der Waals surface area contributed by atoms with E-state index in [0.717, 1.165) is 16.8 Å². The van der Waals surface area contributed by atoms with Gasteiger partial charge in [-0.3, -0.25) is 0 Å². The largest absolute Gasteiger partial charge is 0.248 e. The van der Waals surface area contributed by atoms with Gasteiger partial charge in [0.25, 0.3) is 0 Å². The number of aromatic nitrogens is 5. The molecule has 0 amide bonds. The molecule has 154 valence electrons. The van der Waals surface area contributed by atoms with Gasteiger partial charge in [-0.05, 0) is 23.8 Å². The molecule has 0 aliphatic rings. The Kier molecular flexibility index (Phi) is 6.73. The Morgan fingerprint density at radius 1 is 1.00 bits per heavy atom. The molecule has 0 N–H and O–H groups in total. The molecule has 0 bridgehead atoms. The first-order valence-electron chi connectivity index (χ1n) is 9.02. The number of nitrogens with zero attached hydrogens (tertiary/aromatic N) is 6. The average molecular weight is 488 g/mol. The van der Waals surface area contributed by atoms with Gasteiger partial charge >= 0.3 is 0 Å². The number of hydrogen-bond donors (Lipinski definition) is 0. The lowest BCUT2D eigenvalue weighted by Gasteiger charge is -2.07. The lowest BCUT2D eigenvalue weighted by atomic mass is 10.1. The quantitative estimate of drug-likeness (QED) is 0.191. The Balaban J connectivity index is 1.51. The maximum atomic E-state index is 9.48. The summed E-state index contributed by atoms with van der Waals surface area (Å²) in [4.78, 5) is 8.78. The molecule has 0 radical (unpaired) electrons. The van der Waals surface area contributed by atoms with Crippen LogP contribution in [0.15, 0.2) is 59.9 Å². The van der Waals surface area contributed by atoms with Crippen molar-refractivity contribution in [1.29, 1.82) is 5.26 Å². The number of thioether (sulfide) groups is 1. The van der Waals surface area contributed by atoms with Crippen molar-refractivity contribution in [2.75, 3.05) is 0 Å².